The summed E-state index contributed by atoms with van der Waals surface area (Å²) in [5, 5.41) is 0. The van der Waals surface area contributed by atoms with Crippen LogP contribution in [0.5, 0.6) is 11.5 Å². The van der Waals surface area contributed by atoms with Crippen LogP contribution in [0.15, 0.2) is 35.1 Å². The van der Waals surface area contributed by atoms with Gasteiger partial charge in [-0.3, -0.25) is 9.59 Å². The summed E-state index contributed by atoms with van der Waals surface area (Å²) in [7, 11) is 1.61. The number of hydrogen-bond acceptors (Lipinski definition) is 4. The first-order chi connectivity index (χ1) is 12.5. The Morgan fingerprint density at radius 3 is 2.42 bits per heavy atom. The number of carbonyl (C=O) groups is 1. The molecule has 1 saturated carbocycles. The second-order valence-electron chi connectivity index (χ2n) is 6.66. The second kappa shape index (κ2) is 7.60. The molecule has 0 aliphatic heterocycles. The van der Waals surface area contributed by atoms with Crippen molar-refractivity contribution in [3.63, 3.8) is 0 Å². The monoisotopic (exact) mass is 353 g/mol. The minimum absolute atomic E-state index is 0.0679. The zero-order chi connectivity index (χ0) is 18.7. The van der Waals surface area contributed by atoms with Gasteiger partial charge in [-0.05, 0) is 56.4 Å². The van der Waals surface area contributed by atoms with Gasteiger partial charge in [0.05, 0.1) is 19.4 Å². The van der Waals surface area contributed by atoms with E-state index >= 15 is 0 Å². The Hall–Kier alpha value is -2.82. The Morgan fingerprint density at radius 1 is 1.15 bits per heavy atom. The maximum absolute atomic E-state index is 11.7. The fourth-order valence-corrected chi connectivity index (χ4v) is 2.98. The van der Waals surface area contributed by atoms with Crippen molar-refractivity contribution in [2.75, 3.05) is 13.7 Å². The average molecular weight is 353 g/mol. The summed E-state index contributed by atoms with van der Waals surface area (Å²) < 4.78 is 13.0. The lowest BCUT2D eigenvalue weighted by Gasteiger charge is -2.15. The van der Waals surface area contributed by atoms with Crippen molar-refractivity contribution in [3.8, 4) is 11.5 Å². The lowest BCUT2D eigenvalue weighted by atomic mass is 10.1. The number of benzene rings is 1. The van der Waals surface area contributed by atoms with Crippen molar-refractivity contribution in [2.45, 2.75) is 26.7 Å². The highest BCUT2D eigenvalue weighted by molar-refractivity contribution is 6.06. The van der Waals surface area contributed by atoms with Gasteiger partial charge in [-0.25, -0.2) is 0 Å². The van der Waals surface area contributed by atoms with E-state index in [1.54, 1.807) is 17.8 Å². The van der Waals surface area contributed by atoms with E-state index in [9.17, 15) is 9.59 Å². The summed E-state index contributed by atoms with van der Waals surface area (Å²) in [4.78, 5) is 23.3. The van der Waals surface area contributed by atoms with Crippen LogP contribution in [-0.4, -0.2) is 24.6 Å². The summed E-state index contributed by atoms with van der Waals surface area (Å²) in [6.45, 7) is 4.30. The van der Waals surface area contributed by atoms with Crippen LogP contribution in [0.4, 0.5) is 0 Å². The second-order valence-corrected chi connectivity index (χ2v) is 6.66. The number of aryl methyl sites for hydroxylation is 2. The number of nitrogens with zero attached hydrogens (tertiary/aromatic N) is 1. The molecule has 1 aliphatic carbocycles. The van der Waals surface area contributed by atoms with Crippen LogP contribution in [0.2, 0.25) is 0 Å². The third-order valence-electron chi connectivity index (χ3n) is 4.46. The molecule has 0 unspecified atom stereocenters. The molecule has 0 spiro atoms. The SMILES string of the molecule is COc1ccc(/C=C(\C=O)n2c(C)cc(=O)cc2C)cc1OCC1CC1. The Balaban J connectivity index is 1.97. The summed E-state index contributed by atoms with van der Waals surface area (Å²) in [5.74, 6) is 1.98. The van der Waals surface area contributed by atoms with Crippen LogP contribution < -0.4 is 14.9 Å². The Morgan fingerprint density at radius 2 is 1.85 bits per heavy atom. The number of pyridine rings is 1. The van der Waals surface area contributed by atoms with Gasteiger partial charge in [0.25, 0.3) is 0 Å². The molecular formula is C21H23NO4. The summed E-state index contributed by atoms with van der Waals surface area (Å²) >= 11 is 0. The first-order valence-electron chi connectivity index (χ1n) is 8.70. The van der Waals surface area contributed by atoms with E-state index in [-0.39, 0.29) is 5.43 Å². The van der Waals surface area contributed by atoms with Crippen molar-refractivity contribution in [1.82, 2.24) is 4.57 Å². The quantitative estimate of drug-likeness (QED) is 0.565. The van der Waals surface area contributed by atoms with Gasteiger partial charge in [-0.1, -0.05) is 6.07 Å². The predicted octanol–water partition coefficient (Wildman–Crippen LogP) is 3.46. The van der Waals surface area contributed by atoms with Crippen LogP contribution in [0.25, 0.3) is 11.8 Å². The maximum Gasteiger partial charge on any atom is 0.182 e. The number of aldehydes is 1. The molecule has 5 nitrogen and oxygen atoms in total. The normalized spacial score (nSPS) is 14.2. The van der Waals surface area contributed by atoms with E-state index in [2.05, 4.69) is 0 Å². The van der Waals surface area contributed by atoms with Crippen LogP contribution in [-0.2, 0) is 4.79 Å². The zero-order valence-electron chi connectivity index (χ0n) is 15.3. The lowest BCUT2D eigenvalue weighted by Crippen LogP contribution is -2.13. The van der Waals surface area contributed by atoms with E-state index in [4.69, 9.17) is 9.47 Å². The summed E-state index contributed by atoms with van der Waals surface area (Å²) in [5.41, 5.74) is 2.65. The Bertz CT molecular complexity index is 880. The third-order valence-corrected chi connectivity index (χ3v) is 4.46. The molecule has 1 aliphatic rings. The fraction of sp³-hybridized carbons (Fsp3) is 0.333. The minimum Gasteiger partial charge on any atom is -0.493 e. The van der Waals surface area contributed by atoms with Gasteiger partial charge in [0, 0.05) is 23.5 Å². The van der Waals surface area contributed by atoms with Crippen molar-refractivity contribution < 1.29 is 14.3 Å². The first-order valence-corrected chi connectivity index (χ1v) is 8.70. The van der Waals surface area contributed by atoms with Gasteiger partial charge in [-0.2, -0.15) is 0 Å². The van der Waals surface area contributed by atoms with Gasteiger partial charge in [0.15, 0.2) is 23.2 Å². The molecule has 0 N–H and O–H groups in total. The van der Waals surface area contributed by atoms with Crippen LogP contribution in [0.3, 0.4) is 0 Å². The number of allylic oxidation sites excluding steroid dienone is 1. The van der Waals surface area contributed by atoms with Gasteiger partial charge in [-0.15, -0.1) is 0 Å². The molecule has 5 heteroatoms. The molecule has 26 heavy (non-hydrogen) atoms. The molecule has 0 bridgehead atoms. The molecule has 136 valence electrons. The van der Waals surface area contributed by atoms with Crippen molar-refractivity contribution in [1.29, 1.82) is 0 Å². The minimum atomic E-state index is -0.0679. The molecule has 1 aromatic carbocycles. The lowest BCUT2D eigenvalue weighted by molar-refractivity contribution is -0.103. The standard InChI is InChI=1S/C21H23NO4/c1-14-8-19(24)9-15(2)22(14)18(12-23)10-17-6-7-20(25-3)21(11-17)26-13-16-4-5-16/h6-12,16H,4-5,13H2,1-3H3/b18-10+. The third kappa shape index (κ3) is 4.04. The van der Waals surface area contributed by atoms with Crippen LogP contribution in [0.1, 0.15) is 29.8 Å². The number of aromatic nitrogens is 1. The number of hydrogen-bond donors (Lipinski definition) is 0. The zero-order valence-corrected chi connectivity index (χ0v) is 15.3. The predicted molar refractivity (Wildman–Crippen MR) is 102 cm³/mol. The van der Waals surface area contributed by atoms with E-state index in [1.807, 2.05) is 32.0 Å². The molecule has 1 heterocycles. The average Bonchev–Trinajstić information content (AvgIpc) is 3.42. The number of rotatable bonds is 7. The first kappa shape index (κ1) is 18.0. The topological polar surface area (TPSA) is 57.5 Å². The highest BCUT2D eigenvalue weighted by Crippen LogP contribution is 2.33. The summed E-state index contributed by atoms with van der Waals surface area (Å²) in [6, 6.07) is 8.62. The van der Waals surface area contributed by atoms with Crippen molar-refractivity contribution in [3.05, 3.63) is 57.5 Å². The number of carbonyl (C=O) groups excluding carboxylic acids is 1. The molecule has 1 fully saturated rings. The fourth-order valence-electron chi connectivity index (χ4n) is 2.98. The molecule has 1 aromatic heterocycles. The Kier molecular flexibility index (Phi) is 5.26. The van der Waals surface area contributed by atoms with E-state index in [0.717, 1.165) is 11.8 Å². The van der Waals surface area contributed by atoms with Crippen molar-refractivity contribution >= 4 is 18.1 Å². The molecule has 0 atom stereocenters. The maximum atomic E-state index is 11.7. The van der Waals surface area contributed by atoms with E-state index in [0.29, 0.717) is 41.1 Å². The molecular weight excluding hydrogens is 330 g/mol. The van der Waals surface area contributed by atoms with E-state index < -0.39 is 0 Å². The van der Waals surface area contributed by atoms with Gasteiger partial charge in [0.1, 0.15) is 0 Å². The highest BCUT2D eigenvalue weighted by atomic mass is 16.5. The van der Waals surface area contributed by atoms with Gasteiger partial charge in [0.2, 0.25) is 0 Å². The van der Waals surface area contributed by atoms with Crippen LogP contribution in [0, 0.1) is 19.8 Å². The highest BCUT2D eigenvalue weighted by Gasteiger charge is 2.22. The van der Waals surface area contributed by atoms with Gasteiger partial charge < -0.3 is 14.0 Å². The molecule has 0 radical (unpaired) electrons. The molecule has 3 rings (SSSR count). The summed E-state index contributed by atoms with van der Waals surface area (Å²) in [6.07, 6.45) is 4.99. The largest absolute Gasteiger partial charge is 0.493 e. The van der Waals surface area contributed by atoms with E-state index in [1.165, 1.54) is 25.0 Å². The van der Waals surface area contributed by atoms with Crippen LogP contribution >= 0.6 is 0 Å². The smallest absolute Gasteiger partial charge is 0.182 e. The van der Waals surface area contributed by atoms with Gasteiger partial charge >= 0.3 is 0 Å². The number of methoxy groups -OCH3 is 1. The molecule has 0 saturated heterocycles. The molecule has 0 amide bonds. The molecule has 2 aromatic rings. The number of ether oxygens (including phenoxy) is 2. The van der Waals surface area contributed by atoms with Crippen molar-refractivity contribution in [2.24, 2.45) is 5.92 Å². The Labute approximate surface area is 152 Å².